The maximum Gasteiger partial charge on any atom is 0.238 e. The molecular formula is C15H21BrN2O2. The quantitative estimate of drug-likeness (QED) is 0.772. The van der Waals surface area contributed by atoms with Gasteiger partial charge in [0.05, 0.1) is 18.8 Å². The number of halogens is 1. The summed E-state index contributed by atoms with van der Waals surface area (Å²) in [7, 11) is 0. The van der Waals surface area contributed by atoms with Crippen molar-refractivity contribution in [3.63, 3.8) is 0 Å². The molecule has 1 aliphatic rings. The van der Waals surface area contributed by atoms with Crippen molar-refractivity contribution in [2.75, 3.05) is 18.5 Å². The molecule has 1 saturated carbocycles. The first kappa shape index (κ1) is 15.5. The van der Waals surface area contributed by atoms with E-state index in [1.165, 1.54) is 6.42 Å². The van der Waals surface area contributed by atoms with Crippen LogP contribution in [-0.4, -0.2) is 29.7 Å². The van der Waals surface area contributed by atoms with Crippen LogP contribution in [0.4, 0.5) is 5.69 Å². The molecule has 0 spiro atoms. The lowest BCUT2D eigenvalue weighted by atomic mass is 9.82. The second-order valence-corrected chi connectivity index (χ2v) is 6.24. The monoisotopic (exact) mass is 340 g/mol. The lowest BCUT2D eigenvalue weighted by Gasteiger charge is -2.36. The van der Waals surface area contributed by atoms with Crippen LogP contribution in [0.5, 0.6) is 0 Å². The second kappa shape index (κ2) is 7.20. The van der Waals surface area contributed by atoms with Gasteiger partial charge in [-0.3, -0.25) is 4.79 Å². The molecule has 3 N–H and O–H groups in total. The molecule has 0 aromatic heterocycles. The highest BCUT2D eigenvalue weighted by Crippen LogP contribution is 2.27. The number of amides is 1. The number of para-hydroxylation sites is 1. The molecular weight excluding hydrogens is 320 g/mol. The number of hydrogen-bond acceptors (Lipinski definition) is 3. The first-order valence-corrected chi connectivity index (χ1v) is 7.85. The number of carbonyl (C=O) groups is 1. The Morgan fingerprint density at radius 3 is 2.60 bits per heavy atom. The van der Waals surface area contributed by atoms with Gasteiger partial charge >= 0.3 is 0 Å². The summed E-state index contributed by atoms with van der Waals surface area (Å²) in [6, 6.07) is 7.52. The fraction of sp³-hybridized carbons (Fsp3) is 0.533. The molecule has 1 aromatic rings. The molecule has 1 aliphatic carbocycles. The fourth-order valence-electron chi connectivity index (χ4n) is 2.64. The van der Waals surface area contributed by atoms with E-state index in [-0.39, 0.29) is 24.6 Å². The molecule has 1 fully saturated rings. The van der Waals surface area contributed by atoms with Gasteiger partial charge in [0, 0.05) is 10.0 Å². The van der Waals surface area contributed by atoms with Gasteiger partial charge in [-0.25, -0.2) is 0 Å². The van der Waals surface area contributed by atoms with Crippen molar-refractivity contribution in [3.8, 4) is 0 Å². The van der Waals surface area contributed by atoms with Crippen molar-refractivity contribution in [2.24, 2.45) is 0 Å². The van der Waals surface area contributed by atoms with Crippen LogP contribution in [0, 0.1) is 0 Å². The Balaban J connectivity index is 1.87. The maximum atomic E-state index is 12.0. The van der Waals surface area contributed by atoms with Gasteiger partial charge in [0.1, 0.15) is 0 Å². The predicted octanol–water partition coefficient (Wildman–Crippen LogP) is 2.67. The number of benzene rings is 1. The zero-order valence-corrected chi connectivity index (χ0v) is 13.1. The first-order chi connectivity index (χ1) is 9.65. The van der Waals surface area contributed by atoms with Crippen molar-refractivity contribution < 1.29 is 9.90 Å². The molecule has 110 valence electrons. The van der Waals surface area contributed by atoms with Crippen LogP contribution in [0.15, 0.2) is 28.7 Å². The van der Waals surface area contributed by atoms with Crippen molar-refractivity contribution in [3.05, 3.63) is 28.7 Å². The number of nitrogens with one attached hydrogen (secondary N) is 2. The standard InChI is InChI=1S/C15H21BrN2O2/c16-12-6-2-3-7-13(12)18-14(20)10-17-15(11-19)8-4-1-5-9-15/h2-3,6-7,17,19H,1,4-5,8-11H2,(H,18,20). The van der Waals surface area contributed by atoms with Gasteiger partial charge in [-0.1, -0.05) is 31.4 Å². The molecule has 0 radical (unpaired) electrons. The van der Waals surface area contributed by atoms with Crippen molar-refractivity contribution in [2.45, 2.75) is 37.6 Å². The van der Waals surface area contributed by atoms with Gasteiger partial charge in [-0.2, -0.15) is 0 Å². The van der Waals surface area contributed by atoms with Gasteiger partial charge < -0.3 is 15.7 Å². The van der Waals surface area contributed by atoms with Crippen LogP contribution >= 0.6 is 15.9 Å². The summed E-state index contributed by atoms with van der Waals surface area (Å²) in [5.41, 5.74) is 0.491. The highest BCUT2D eigenvalue weighted by atomic mass is 79.9. The zero-order valence-electron chi connectivity index (χ0n) is 11.5. The Morgan fingerprint density at radius 2 is 1.95 bits per heavy atom. The number of aliphatic hydroxyl groups is 1. The van der Waals surface area contributed by atoms with E-state index in [0.29, 0.717) is 0 Å². The minimum Gasteiger partial charge on any atom is -0.394 e. The Hall–Kier alpha value is -0.910. The van der Waals surface area contributed by atoms with Crippen LogP contribution in [-0.2, 0) is 4.79 Å². The van der Waals surface area contributed by atoms with E-state index in [9.17, 15) is 9.90 Å². The summed E-state index contributed by atoms with van der Waals surface area (Å²) in [4.78, 5) is 12.0. The average molecular weight is 341 g/mol. The average Bonchev–Trinajstić information content (AvgIpc) is 2.49. The number of hydrogen-bond donors (Lipinski definition) is 3. The summed E-state index contributed by atoms with van der Waals surface area (Å²) in [5.74, 6) is -0.0877. The molecule has 0 unspecified atom stereocenters. The zero-order chi connectivity index (χ0) is 14.4. The fourth-order valence-corrected chi connectivity index (χ4v) is 3.03. The van der Waals surface area contributed by atoms with Gasteiger partial charge in [-0.05, 0) is 40.9 Å². The number of rotatable bonds is 5. The molecule has 2 rings (SSSR count). The van der Waals surface area contributed by atoms with E-state index in [2.05, 4.69) is 26.6 Å². The van der Waals surface area contributed by atoms with Crippen LogP contribution < -0.4 is 10.6 Å². The van der Waals surface area contributed by atoms with Crippen molar-refractivity contribution in [1.29, 1.82) is 0 Å². The van der Waals surface area contributed by atoms with Crippen LogP contribution in [0.2, 0.25) is 0 Å². The molecule has 0 bridgehead atoms. The van der Waals surface area contributed by atoms with Crippen molar-refractivity contribution >= 4 is 27.5 Å². The number of anilines is 1. The molecule has 0 heterocycles. The summed E-state index contributed by atoms with van der Waals surface area (Å²) in [6.45, 7) is 0.317. The molecule has 4 nitrogen and oxygen atoms in total. The van der Waals surface area contributed by atoms with E-state index in [0.717, 1.165) is 35.8 Å². The van der Waals surface area contributed by atoms with E-state index in [4.69, 9.17) is 0 Å². The summed E-state index contributed by atoms with van der Waals surface area (Å²) in [6.07, 6.45) is 5.31. The summed E-state index contributed by atoms with van der Waals surface area (Å²) < 4.78 is 0.864. The van der Waals surface area contributed by atoms with Crippen LogP contribution in [0.25, 0.3) is 0 Å². The van der Waals surface area contributed by atoms with Gasteiger partial charge in [0.15, 0.2) is 0 Å². The Labute approximate surface area is 128 Å². The molecule has 20 heavy (non-hydrogen) atoms. The van der Waals surface area contributed by atoms with E-state index < -0.39 is 0 Å². The minimum absolute atomic E-state index is 0.0877. The lowest BCUT2D eigenvalue weighted by Crippen LogP contribution is -2.52. The Bertz CT molecular complexity index is 459. The van der Waals surface area contributed by atoms with Crippen LogP contribution in [0.3, 0.4) is 0 Å². The molecule has 0 aliphatic heterocycles. The molecule has 5 heteroatoms. The van der Waals surface area contributed by atoms with E-state index >= 15 is 0 Å². The summed E-state index contributed by atoms with van der Waals surface area (Å²) in [5, 5.41) is 15.7. The van der Waals surface area contributed by atoms with Gasteiger partial charge in [0.25, 0.3) is 0 Å². The third-order valence-corrected chi connectivity index (χ3v) is 4.58. The Kier molecular flexibility index (Phi) is 5.57. The highest BCUT2D eigenvalue weighted by Gasteiger charge is 2.31. The first-order valence-electron chi connectivity index (χ1n) is 7.05. The van der Waals surface area contributed by atoms with Gasteiger partial charge in [0.2, 0.25) is 5.91 Å². The van der Waals surface area contributed by atoms with E-state index in [1.807, 2.05) is 24.3 Å². The molecule has 0 atom stereocenters. The predicted molar refractivity (Wildman–Crippen MR) is 83.7 cm³/mol. The smallest absolute Gasteiger partial charge is 0.238 e. The van der Waals surface area contributed by atoms with Crippen LogP contribution in [0.1, 0.15) is 32.1 Å². The van der Waals surface area contributed by atoms with E-state index in [1.54, 1.807) is 0 Å². The minimum atomic E-state index is -0.274. The maximum absolute atomic E-state index is 12.0. The third-order valence-electron chi connectivity index (χ3n) is 3.89. The summed E-state index contributed by atoms with van der Waals surface area (Å²) >= 11 is 3.40. The number of aliphatic hydroxyl groups excluding tert-OH is 1. The molecule has 0 saturated heterocycles. The van der Waals surface area contributed by atoms with Crippen molar-refractivity contribution in [1.82, 2.24) is 5.32 Å². The normalized spacial score (nSPS) is 17.7. The topological polar surface area (TPSA) is 61.4 Å². The SMILES string of the molecule is O=C(CNC1(CO)CCCCC1)Nc1ccccc1Br. The lowest BCUT2D eigenvalue weighted by molar-refractivity contribution is -0.116. The Morgan fingerprint density at radius 1 is 1.25 bits per heavy atom. The highest BCUT2D eigenvalue weighted by molar-refractivity contribution is 9.10. The third kappa shape index (κ3) is 4.04. The number of carbonyl (C=O) groups excluding carboxylic acids is 1. The molecule has 1 amide bonds. The van der Waals surface area contributed by atoms with Gasteiger partial charge in [-0.15, -0.1) is 0 Å². The molecule has 1 aromatic carbocycles. The second-order valence-electron chi connectivity index (χ2n) is 5.38. The largest absolute Gasteiger partial charge is 0.394 e.